The summed E-state index contributed by atoms with van der Waals surface area (Å²) in [6.07, 6.45) is 1.32. The summed E-state index contributed by atoms with van der Waals surface area (Å²) in [5.74, 6) is 0.00782. The van der Waals surface area contributed by atoms with E-state index in [0.29, 0.717) is 16.8 Å². The fourth-order valence-corrected chi connectivity index (χ4v) is 2.91. The van der Waals surface area contributed by atoms with E-state index in [1.54, 1.807) is 0 Å². The highest BCUT2D eigenvalue weighted by molar-refractivity contribution is 5.93. The third-order valence-electron chi connectivity index (χ3n) is 4.30. The molecule has 0 spiro atoms. The van der Waals surface area contributed by atoms with Crippen molar-refractivity contribution < 1.29 is 14.1 Å². The molecule has 0 radical (unpaired) electrons. The van der Waals surface area contributed by atoms with E-state index in [1.165, 1.54) is 6.33 Å². The summed E-state index contributed by atoms with van der Waals surface area (Å²) in [6, 6.07) is 19.1. The van der Waals surface area contributed by atoms with Gasteiger partial charge in [-0.05, 0) is 12.5 Å². The number of nitrogens with one attached hydrogen (secondary N) is 1. The molecule has 1 unspecified atom stereocenters. The minimum Gasteiger partial charge on any atom is -0.467 e. The van der Waals surface area contributed by atoms with E-state index >= 15 is 0 Å². The van der Waals surface area contributed by atoms with Gasteiger partial charge in [0.05, 0.1) is 6.04 Å². The molecule has 1 amide bonds. The number of ether oxygens (including phenoxy) is 1. The monoisotopic (exact) mass is 374 g/mol. The number of amides is 1. The van der Waals surface area contributed by atoms with Crippen LogP contribution in [-0.4, -0.2) is 27.6 Å². The van der Waals surface area contributed by atoms with Gasteiger partial charge in [0.25, 0.3) is 11.6 Å². The van der Waals surface area contributed by atoms with Crippen molar-refractivity contribution in [2.75, 3.05) is 6.61 Å². The third-order valence-corrected chi connectivity index (χ3v) is 4.30. The Morgan fingerprint density at radius 1 is 1.07 bits per heavy atom. The number of fused-ring (bicyclic) bond motifs is 1. The van der Waals surface area contributed by atoms with Crippen molar-refractivity contribution >= 4 is 17.0 Å². The zero-order valence-corrected chi connectivity index (χ0v) is 15.2. The first kappa shape index (κ1) is 17.7. The zero-order valence-electron chi connectivity index (χ0n) is 15.2. The van der Waals surface area contributed by atoms with Gasteiger partial charge >= 0.3 is 0 Å². The van der Waals surface area contributed by atoms with E-state index in [9.17, 15) is 4.79 Å². The highest BCUT2D eigenvalue weighted by Gasteiger charge is 2.19. The average molecular weight is 374 g/mol. The topological polar surface area (TPSA) is 90.1 Å². The molecule has 1 atom stereocenters. The molecule has 0 bridgehead atoms. The van der Waals surface area contributed by atoms with Crippen molar-refractivity contribution in [3.63, 3.8) is 0 Å². The maximum atomic E-state index is 12.3. The van der Waals surface area contributed by atoms with Crippen LogP contribution in [0.3, 0.4) is 0 Å². The number of hydrogen-bond acceptors (Lipinski definition) is 6. The van der Waals surface area contributed by atoms with Crippen molar-refractivity contribution in [3.8, 4) is 17.1 Å². The maximum Gasteiger partial charge on any atom is 0.265 e. The van der Waals surface area contributed by atoms with Gasteiger partial charge in [0.2, 0.25) is 5.88 Å². The highest BCUT2D eigenvalue weighted by atomic mass is 16.5. The van der Waals surface area contributed by atoms with Gasteiger partial charge in [-0.15, -0.1) is 0 Å². The lowest BCUT2D eigenvalue weighted by Gasteiger charge is -2.14. The van der Waals surface area contributed by atoms with Gasteiger partial charge < -0.3 is 14.6 Å². The number of hydrogen-bond donors (Lipinski definition) is 1. The largest absolute Gasteiger partial charge is 0.467 e. The number of carbonyl (C=O) groups excluding carboxylic acids is 1. The molecule has 2 aromatic carbocycles. The molecule has 0 saturated heterocycles. The van der Waals surface area contributed by atoms with E-state index in [4.69, 9.17) is 9.26 Å². The molecule has 0 fully saturated rings. The number of benzene rings is 2. The van der Waals surface area contributed by atoms with Crippen LogP contribution in [0.4, 0.5) is 0 Å². The minimum absolute atomic E-state index is 0.127. The van der Waals surface area contributed by atoms with Crippen LogP contribution in [0, 0.1) is 0 Å². The second-order valence-electron chi connectivity index (χ2n) is 6.24. The molecular formula is C21H18N4O3. The molecule has 1 N–H and O–H groups in total. The van der Waals surface area contributed by atoms with Crippen LogP contribution in [0.1, 0.15) is 18.5 Å². The molecule has 7 nitrogen and oxygen atoms in total. The first-order chi connectivity index (χ1) is 13.7. The number of nitrogens with zero attached hydrogens (tertiary/aromatic N) is 3. The van der Waals surface area contributed by atoms with Gasteiger partial charge in [-0.3, -0.25) is 4.79 Å². The fourth-order valence-electron chi connectivity index (χ4n) is 2.91. The molecule has 2 heterocycles. The van der Waals surface area contributed by atoms with E-state index in [0.717, 1.165) is 11.1 Å². The third kappa shape index (κ3) is 3.68. The van der Waals surface area contributed by atoms with E-state index < -0.39 is 0 Å². The van der Waals surface area contributed by atoms with Crippen molar-refractivity contribution in [1.82, 2.24) is 20.4 Å². The van der Waals surface area contributed by atoms with Gasteiger partial charge in [-0.2, -0.15) is 4.98 Å². The Kier molecular flexibility index (Phi) is 4.97. The Morgan fingerprint density at radius 3 is 2.54 bits per heavy atom. The Labute approximate surface area is 161 Å². The second-order valence-corrected chi connectivity index (χ2v) is 6.24. The molecule has 140 valence electrons. The first-order valence-electron chi connectivity index (χ1n) is 8.85. The predicted molar refractivity (Wildman–Crippen MR) is 104 cm³/mol. The summed E-state index contributed by atoms with van der Waals surface area (Å²) >= 11 is 0. The van der Waals surface area contributed by atoms with Crippen molar-refractivity contribution in [1.29, 1.82) is 0 Å². The average Bonchev–Trinajstić information content (AvgIpc) is 3.18. The summed E-state index contributed by atoms with van der Waals surface area (Å²) in [6.45, 7) is 1.74. The van der Waals surface area contributed by atoms with Crippen LogP contribution in [0.15, 0.2) is 71.5 Å². The van der Waals surface area contributed by atoms with Crippen LogP contribution in [0.2, 0.25) is 0 Å². The summed E-state index contributed by atoms with van der Waals surface area (Å²) in [7, 11) is 0. The quantitative estimate of drug-likeness (QED) is 0.555. The lowest BCUT2D eigenvalue weighted by atomic mass is 10.1. The van der Waals surface area contributed by atoms with Gasteiger partial charge in [-0.1, -0.05) is 65.8 Å². The Balaban J connectivity index is 1.51. The molecule has 0 aliphatic rings. The Hall–Kier alpha value is -3.74. The van der Waals surface area contributed by atoms with Crippen LogP contribution < -0.4 is 10.1 Å². The van der Waals surface area contributed by atoms with Gasteiger partial charge in [0.15, 0.2) is 6.61 Å². The highest BCUT2D eigenvalue weighted by Crippen LogP contribution is 2.32. The summed E-state index contributed by atoms with van der Waals surface area (Å²) in [5.41, 5.74) is 2.75. The van der Waals surface area contributed by atoms with E-state index in [1.807, 2.05) is 67.6 Å². The first-order valence-corrected chi connectivity index (χ1v) is 8.85. The number of aromatic nitrogens is 3. The van der Waals surface area contributed by atoms with Gasteiger partial charge in [-0.25, -0.2) is 4.98 Å². The van der Waals surface area contributed by atoms with Crippen LogP contribution in [0.25, 0.3) is 22.4 Å². The maximum absolute atomic E-state index is 12.3. The van der Waals surface area contributed by atoms with Crippen LogP contribution in [-0.2, 0) is 4.79 Å². The number of carbonyl (C=O) groups is 1. The lowest BCUT2D eigenvalue weighted by molar-refractivity contribution is -0.123. The molecule has 4 aromatic rings. The summed E-state index contributed by atoms with van der Waals surface area (Å²) in [5, 5.41) is 7.53. The lowest BCUT2D eigenvalue weighted by Crippen LogP contribution is -2.31. The van der Waals surface area contributed by atoms with Crippen molar-refractivity contribution in [2.45, 2.75) is 13.0 Å². The smallest absolute Gasteiger partial charge is 0.265 e. The second kappa shape index (κ2) is 7.87. The SMILES string of the molecule is CC(NC(=O)COc1ncnc2onc(-c3ccccc3)c12)c1ccccc1. The standard InChI is InChI=1S/C21H18N4O3/c1-14(15-8-4-2-5-9-15)24-17(26)12-27-20-18-19(16-10-6-3-7-11-16)25-28-21(18)23-13-22-20/h2-11,13-14H,12H2,1H3,(H,24,26). The molecule has 7 heteroatoms. The van der Waals surface area contributed by atoms with E-state index in [-0.39, 0.29) is 24.4 Å². The summed E-state index contributed by atoms with van der Waals surface area (Å²) in [4.78, 5) is 20.6. The summed E-state index contributed by atoms with van der Waals surface area (Å²) < 4.78 is 11.0. The van der Waals surface area contributed by atoms with Crippen molar-refractivity contribution in [2.24, 2.45) is 0 Å². The Bertz CT molecular complexity index is 1080. The van der Waals surface area contributed by atoms with Gasteiger partial charge in [0, 0.05) is 5.56 Å². The normalized spacial score (nSPS) is 11.9. The van der Waals surface area contributed by atoms with E-state index in [2.05, 4.69) is 20.4 Å². The van der Waals surface area contributed by atoms with Gasteiger partial charge in [0.1, 0.15) is 17.4 Å². The zero-order chi connectivity index (χ0) is 19.3. The molecule has 0 aliphatic heterocycles. The fraction of sp³-hybridized carbons (Fsp3) is 0.143. The molecule has 0 aliphatic carbocycles. The minimum atomic E-state index is -0.249. The molecule has 28 heavy (non-hydrogen) atoms. The molecule has 0 saturated carbocycles. The molecular weight excluding hydrogens is 356 g/mol. The van der Waals surface area contributed by atoms with Crippen LogP contribution >= 0.6 is 0 Å². The van der Waals surface area contributed by atoms with Crippen molar-refractivity contribution in [3.05, 3.63) is 72.6 Å². The molecule has 2 aromatic heterocycles. The Morgan fingerprint density at radius 2 is 1.79 bits per heavy atom. The predicted octanol–water partition coefficient (Wildman–Crippen LogP) is 3.54. The number of rotatable bonds is 6. The molecule has 4 rings (SSSR count). The van der Waals surface area contributed by atoms with Crippen LogP contribution in [0.5, 0.6) is 5.88 Å².